The van der Waals surface area contributed by atoms with Crippen LogP contribution in [0.1, 0.15) is 52.3 Å². The molecule has 7 heteroatoms. The molecule has 2 heterocycles. The third-order valence-electron chi connectivity index (χ3n) is 4.60. The number of nitrogens with zero attached hydrogens (tertiary/aromatic N) is 2. The monoisotopic (exact) mass is 375 g/mol. The number of piperidine rings is 1. The maximum atomic E-state index is 12.6. The molecule has 0 bridgehead atoms. The number of carbonyl (C=O) groups is 2. The highest BCUT2D eigenvalue weighted by Gasteiger charge is 2.26. The molecule has 2 aromatic rings. The molecule has 3 rings (SSSR count). The Bertz CT molecular complexity index is 810. The highest BCUT2D eigenvalue weighted by atomic mass is 35.5. The van der Waals surface area contributed by atoms with Crippen LogP contribution in [0.5, 0.6) is 0 Å². The first-order chi connectivity index (χ1) is 12.4. The molecule has 6 nitrogen and oxygen atoms in total. The summed E-state index contributed by atoms with van der Waals surface area (Å²) in [4.78, 5) is 30.9. The second kappa shape index (κ2) is 7.91. The lowest BCUT2D eigenvalue weighted by Crippen LogP contribution is -2.38. The molecule has 1 saturated heterocycles. The van der Waals surface area contributed by atoms with Crippen LogP contribution >= 0.6 is 11.6 Å². The summed E-state index contributed by atoms with van der Waals surface area (Å²) < 4.78 is 5.56. The van der Waals surface area contributed by atoms with Crippen LogP contribution in [0.15, 0.2) is 28.7 Å². The van der Waals surface area contributed by atoms with E-state index in [4.69, 9.17) is 16.0 Å². The number of rotatable bonds is 4. The Hall–Kier alpha value is -2.34. The minimum absolute atomic E-state index is 0.106. The number of aryl methyl sites for hydroxylation is 1. The van der Waals surface area contributed by atoms with Crippen molar-refractivity contribution in [3.05, 3.63) is 52.2 Å². The van der Waals surface area contributed by atoms with E-state index in [1.165, 1.54) is 0 Å². The van der Waals surface area contributed by atoms with Crippen LogP contribution < -0.4 is 5.32 Å². The lowest BCUT2D eigenvalue weighted by Gasteiger charge is -2.29. The van der Waals surface area contributed by atoms with Crippen LogP contribution in [0.4, 0.5) is 0 Å². The average Bonchev–Trinajstić information content (AvgIpc) is 3.00. The van der Waals surface area contributed by atoms with Crippen LogP contribution in [0.3, 0.4) is 0 Å². The van der Waals surface area contributed by atoms with Crippen LogP contribution in [0, 0.1) is 12.8 Å². The van der Waals surface area contributed by atoms with Gasteiger partial charge in [0.15, 0.2) is 5.69 Å². The molecule has 0 radical (unpaired) electrons. The molecule has 1 aliphatic rings. The number of aromatic nitrogens is 1. The predicted octanol–water partition coefficient (Wildman–Crippen LogP) is 3.44. The topological polar surface area (TPSA) is 75.4 Å². The maximum absolute atomic E-state index is 12.6. The van der Waals surface area contributed by atoms with Gasteiger partial charge in [-0.3, -0.25) is 9.59 Å². The molecule has 0 atom stereocenters. The van der Waals surface area contributed by atoms with E-state index >= 15 is 0 Å². The Morgan fingerprint density at radius 2 is 2.08 bits per heavy atom. The smallest absolute Gasteiger partial charge is 0.276 e. The first-order valence-electron chi connectivity index (χ1n) is 8.73. The van der Waals surface area contributed by atoms with Crippen molar-refractivity contribution in [3.63, 3.8) is 0 Å². The molecule has 1 aromatic heterocycles. The van der Waals surface area contributed by atoms with E-state index in [-0.39, 0.29) is 18.4 Å². The lowest BCUT2D eigenvalue weighted by molar-refractivity contribution is 0.0690. The number of carbonyl (C=O) groups excluding carboxylic acids is 2. The number of hydrogen-bond acceptors (Lipinski definition) is 4. The minimum atomic E-state index is -0.277. The van der Waals surface area contributed by atoms with E-state index in [1.807, 2.05) is 4.90 Å². The molecule has 138 valence electrons. The molecule has 0 aliphatic carbocycles. The third kappa shape index (κ3) is 4.25. The molecule has 1 aromatic carbocycles. The summed E-state index contributed by atoms with van der Waals surface area (Å²) in [5.74, 6) is 1.05. The number of halogens is 1. The van der Waals surface area contributed by atoms with Gasteiger partial charge in [0.25, 0.3) is 11.8 Å². The number of oxazole rings is 1. The molecule has 1 N–H and O–H groups in total. The fraction of sp³-hybridized carbons (Fsp3) is 0.421. The second-order valence-corrected chi connectivity index (χ2v) is 7.12. The molecular weight excluding hydrogens is 354 g/mol. The van der Waals surface area contributed by atoms with Crippen molar-refractivity contribution in [1.29, 1.82) is 0 Å². The van der Waals surface area contributed by atoms with Gasteiger partial charge in [-0.05, 0) is 43.9 Å². The maximum Gasteiger partial charge on any atom is 0.276 e. The first kappa shape index (κ1) is 18.5. The van der Waals surface area contributed by atoms with Crippen molar-refractivity contribution in [2.45, 2.75) is 33.2 Å². The van der Waals surface area contributed by atoms with E-state index in [9.17, 15) is 9.59 Å². The molecule has 0 spiro atoms. The quantitative estimate of drug-likeness (QED) is 0.888. The largest absolute Gasteiger partial charge is 0.443 e. The second-order valence-electron chi connectivity index (χ2n) is 6.68. The van der Waals surface area contributed by atoms with Crippen molar-refractivity contribution in [3.8, 4) is 0 Å². The lowest BCUT2D eigenvalue weighted by atomic mass is 9.99. The van der Waals surface area contributed by atoms with Crippen molar-refractivity contribution in [1.82, 2.24) is 15.2 Å². The van der Waals surface area contributed by atoms with Gasteiger partial charge in [0.2, 0.25) is 5.89 Å². The summed E-state index contributed by atoms with van der Waals surface area (Å²) in [6.45, 7) is 5.51. The fourth-order valence-electron chi connectivity index (χ4n) is 2.97. The fourth-order valence-corrected chi connectivity index (χ4v) is 3.16. The molecule has 26 heavy (non-hydrogen) atoms. The van der Waals surface area contributed by atoms with Gasteiger partial charge < -0.3 is 14.6 Å². The number of likely N-dealkylation sites (tertiary alicyclic amines) is 1. The first-order valence-corrected chi connectivity index (χ1v) is 9.11. The summed E-state index contributed by atoms with van der Waals surface area (Å²) in [7, 11) is 0. The molecule has 0 saturated carbocycles. The van der Waals surface area contributed by atoms with E-state index in [0.717, 1.165) is 25.9 Å². The minimum Gasteiger partial charge on any atom is -0.443 e. The Balaban J connectivity index is 1.63. The van der Waals surface area contributed by atoms with Crippen LogP contribution in [0.25, 0.3) is 0 Å². The van der Waals surface area contributed by atoms with E-state index in [1.54, 1.807) is 31.2 Å². The Labute approximate surface area is 157 Å². The van der Waals surface area contributed by atoms with Crippen molar-refractivity contribution in [2.24, 2.45) is 5.92 Å². The van der Waals surface area contributed by atoms with Gasteiger partial charge in [-0.1, -0.05) is 24.6 Å². The van der Waals surface area contributed by atoms with Crippen LogP contribution in [0.2, 0.25) is 5.02 Å². The van der Waals surface area contributed by atoms with Gasteiger partial charge >= 0.3 is 0 Å². The Morgan fingerprint density at radius 1 is 1.35 bits per heavy atom. The molecule has 0 unspecified atom stereocenters. The van der Waals surface area contributed by atoms with Gasteiger partial charge in [0.1, 0.15) is 5.76 Å². The molecular formula is C19H22ClN3O3. The Morgan fingerprint density at radius 3 is 2.77 bits per heavy atom. The number of amides is 2. The number of hydrogen-bond donors (Lipinski definition) is 1. The van der Waals surface area contributed by atoms with Crippen LogP contribution in [-0.2, 0) is 6.54 Å². The third-order valence-corrected chi connectivity index (χ3v) is 4.84. The molecule has 1 fully saturated rings. The average molecular weight is 376 g/mol. The van der Waals surface area contributed by atoms with Gasteiger partial charge in [-0.15, -0.1) is 0 Å². The summed E-state index contributed by atoms with van der Waals surface area (Å²) in [5.41, 5.74) is 0.783. The van der Waals surface area contributed by atoms with E-state index in [0.29, 0.717) is 33.8 Å². The zero-order chi connectivity index (χ0) is 18.7. The summed E-state index contributed by atoms with van der Waals surface area (Å²) in [5, 5.41) is 3.22. The van der Waals surface area contributed by atoms with Crippen molar-refractivity contribution < 1.29 is 14.0 Å². The molecule has 2 amide bonds. The number of benzene rings is 1. The predicted molar refractivity (Wildman–Crippen MR) is 98.2 cm³/mol. The van der Waals surface area contributed by atoms with Crippen LogP contribution in [-0.4, -0.2) is 34.8 Å². The van der Waals surface area contributed by atoms with E-state index in [2.05, 4.69) is 17.2 Å². The van der Waals surface area contributed by atoms with Gasteiger partial charge in [0.05, 0.1) is 6.54 Å². The van der Waals surface area contributed by atoms with Crippen molar-refractivity contribution >= 4 is 23.4 Å². The summed E-state index contributed by atoms with van der Waals surface area (Å²) in [6, 6.07) is 6.68. The zero-order valence-corrected chi connectivity index (χ0v) is 15.7. The molecule has 1 aliphatic heterocycles. The van der Waals surface area contributed by atoms with E-state index < -0.39 is 0 Å². The standard InChI is InChI=1S/C19H22ClN3O3/c1-12-6-8-23(9-7-12)19(25)17-13(2)26-16(22-17)11-21-18(24)14-4-3-5-15(20)10-14/h3-5,10,12H,6-9,11H2,1-2H3,(H,21,24). The highest BCUT2D eigenvalue weighted by Crippen LogP contribution is 2.20. The SMILES string of the molecule is Cc1oc(CNC(=O)c2cccc(Cl)c2)nc1C(=O)N1CCC(C)CC1. The normalized spacial score (nSPS) is 15.1. The van der Waals surface area contributed by atoms with Crippen molar-refractivity contribution in [2.75, 3.05) is 13.1 Å². The van der Waals surface area contributed by atoms with Gasteiger partial charge in [0, 0.05) is 23.7 Å². The van der Waals surface area contributed by atoms with Gasteiger partial charge in [-0.25, -0.2) is 4.98 Å². The van der Waals surface area contributed by atoms with Gasteiger partial charge in [-0.2, -0.15) is 0 Å². The highest BCUT2D eigenvalue weighted by molar-refractivity contribution is 6.30. The zero-order valence-electron chi connectivity index (χ0n) is 14.9. The Kier molecular flexibility index (Phi) is 5.61. The summed E-state index contributed by atoms with van der Waals surface area (Å²) >= 11 is 5.89. The number of nitrogens with one attached hydrogen (secondary N) is 1. The summed E-state index contributed by atoms with van der Waals surface area (Å²) in [6.07, 6.45) is 2.01.